The maximum absolute atomic E-state index is 13.8. The number of halogens is 2. The first-order chi connectivity index (χ1) is 15.8. The van der Waals surface area contributed by atoms with Crippen LogP contribution in [0.4, 0.5) is 14.5 Å². The number of rotatable bonds is 15. The Balaban J connectivity index is 2.89. The highest BCUT2D eigenvalue weighted by atomic mass is 19.3. The molecule has 1 aromatic rings. The van der Waals surface area contributed by atoms with Crippen molar-refractivity contribution < 1.29 is 13.6 Å². The summed E-state index contributed by atoms with van der Waals surface area (Å²) in [5.41, 5.74) is 1.10. The lowest BCUT2D eigenvalue weighted by Gasteiger charge is -2.27. The number of nitrogens with zero attached hydrogens (tertiary/aromatic N) is 2. The molecule has 4 nitrogen and oxygen atoms in total. The molecule has 1 rings (SSSR count). The van der Waals surface area contributed by atoms with Crippen molar-refractivity contribution in [3.05, 3.63) is 91.8 Å². The zero-order valence-electron chi connectivity index (χ0n) is 19.7. The monoisotopic (exact) mass is 455 g/mol. The number of aliphatic imine (C=N–C) groups is 1. The van der Waals surface area contributed by atoms with Gasteiger partial charge in [0.2, 0.25) is 0 Å². The molecule has 1 aromatic carbocycles. The third-order valence-electron chi connectivity index (χ3n) is 4.74. The van der Waals surface area contributed by atoms with Gasteiger partial charge in [0.1, 0.15) is 0 Å². The molecule has 0 bridgehead atoms. The van der Waals surface area contributed by atoms with E-state index in [1.54, 1.807) is 18.3 Å². The van der Waals surface area contributed by atoms with E-state index in [1.165, 1.54) is 18.2 Å². The van der Waals surface area contributed by atoms with E-state index in [-0.39, 0.29) is 11.3 Å². The van der Waals surface area contributed by atoms with E-state index in [2.05, 4.69) is 41.9 Å². The predicted octanol–water partition coefficient (Wildman–Crippen LogP) is 7.02. The Morgan fingerprint density at radius 2 is 1.88 bits per heavy atom. The largest absolute Gasteiger partial charge is 0.355 e. The number of carbonyl (C=O) groups excluding carboxylic acids is 1. The van der Waals surface area contributed by atoms with Gasteiger partial charge in [-0.15, -0.1) is 0 Å². The smallest absolute Gasteiger partial charge is 0.291 e. The lowest BCUT2D eigenvalue weighted by Crippen LogP contribution is -2.35. The maximum atomic E-state index is 13.8. The summed E-state index contributed by atoms with van der Waals surface area (Å²) in [6, 6.07) is 5.91. The number of amidine groups is 1. The molecule has 0 heterocycles. The average Bonchev–Trinajstić information content (AvgIpc) is 2.81. The molecule has 0 saturated carbocycles. The van der Waals surface area contributed by atoms with Gasteiger partial charge < -0.3 is 10.2 Å². The Morgan fingerprint density at radius 3 is 2.45 bits per heavy atom. The molecule has 0 aliphatic rings. The van der Waals surface area contributed by atoms with Crippen LogP contribution in [-0.2, 0) is 10.7 Å². The SMILES string of the molecule is C=CC(=O)C/C=C/CCCN(CCC)C(=N/C=C\C)C(=C)Nc1ccc(C(F)(F)C=C)cc1. The molecule has 0 saturated heterocycles. The average molecular weight is 456 g/mol. The summed E-state index contributed by atoms with van der Waals surface area (Å²) in [6.07, 6.45) is 12.4. The quantitative estimate of drug-likeness (QED) is 0.102. The molecule has 0 spiro atoms. The molecular formula is C27H35F2N3O. The van der Waals surface area contributed by atoms with Gasteiger partial charge in [0.05, 0.1) is 5.70 Å². The molecule has 6 heteroatoms. The number of anilines is 1. The summed E-state index contributed by atoms with van der Waals surface area (Å²) in [5, 5.41) is 3.18. The van der Waals surface area contributed by atoms with Crippen LogP contribution in [0.15, 0.2) is 91.3 Å². The second kappa shape index (κ2) is 14.7. The zero-order chi connectivity index (χ0) is 24.7. The third-order valence-corrected chi connectivity index (χ3v) is 4.74. The number of ketones is 1. The van der Waals surface area contributed by atoms with Gasteiger partial charge >= 0.3 is 0 Å². The van der Waals surface area contributed by atoms with Gasteiger partial charge in [-0.25, -0.2) is 4.99 Å². The van der Waals surface area contributed by atoms with Crippen LogP contribution in [0, 0.1) is 0 Å². The van der Waals surface area contributed by atoms with Crippen molar-refractivity contribution in [2.24, 2.45) is 4.99 Å². The molecule has 0 aliphatic heterocycles. The van der Waals surface area contributed by atoms with Crippen LogP contribution < -0.4 is 5.32 Å². The first-order valence-corrected chi connectivity index (χ1v) is 11.1. The second-order valence-electron chi connectivity index (χ2n) is 7.42. The number of hydrogen-bond acceptors (Lipinski definition) is 3. The van der Waals surface area contributed by atoms with Crippen molar-refractivity contribution in [1.82, 2.24) is 4.90 Å². The van der Waals surface area contributed by atoms with E-state index in [4.69, 9.17) is 0 Å². The fourth-order valence-corrected chi connectivity index (χ4v) is 3.01. The Hall–Kier alpha value is -3.28. The Morgan fingerprint density at radius 1 is 1.18 bits per heavy atom. The van der Waals surface area contributed by atoms with Crippen molar-refractivity contribution in [1.29, 1.82) is 0 Å². The van der Waals surface area contributed by atoms with Crippen LogP contribution in [0.3, 0.4) is 0 Å². The van der Waals surface area contributed by atoms with Crippen molar-refractivity contribution in [3.63, 3.8) is 0 Å². The van der Waals surface area contributed by atoms with Crippen molar-refractivity contribution in [3.8, 4) is 0 Å². The van der Waals surface area contributed by atoms with Gasteiger partial charge in [-0.3, -0.25) is 4.79 Å². The molecular weight excluding hydrogens is 420 g/mol. The highest BCUT2D eigenvalue weighted by molar-refractivity contribution is 6.00. The van der Waals surface area contributed by atoms with Crippen LogP contribution >= 0.6 is 0 Å². The number of hydrogen-bond donors (Lipinski definition) is 1. The van der Waals surface area contributed by atoms with Gasteiger partial charge in [0.25, 0.3) is 5.92 Å². The molecule has 0 fully saturated rings. The summed E-state index contributed by atoms with van der Waals surface area (Å²) in [5.74, 6) is -2.37. The van der Waals surface area contributed by atoms with E-state index in [1.807, 2.05) is 25.2 Å². The summed E-state index contributed by atoms with van der Waals surface area (Å²) in [6.45, 7) is 16.3. The van der Waals surface area contributed by atoms with Crippen molar-refractivity contribution in [2.45, 2.75) is 45.5 Å². The van der Waals surface area contributed by atoms with Gasteiger partial charge in [0.15, 0.2) is 11.6 Å². The number of alkyl halides is 2. The Bertz CT molecular complexity index is 883. The van der Waals surface area contributed by atoms with Crippen LogP contribution in [0.2, 0.25) is 0 Å². The molecule has 0 unspecified atom stereocenters. The van der Waals surface area contributed by atoms with Gasteiger partial charge in [-0.05, 0) is 50.5 Å². The van der Waals surface area contributed by atoms with Crippen LogP contribution in [-0.4, -0.2) is 29.6 Å². The van der Waals surface area contributed by atoms with Crippen molar-refractivity contribution >= 4 is 17.3 Å². The van der Waals surface area contributed by atoms with E-state index >= 15 is 0 Å². The molecule has 0 aliphatic carbocycles. The molecule has 178 valence electrons. The van der Waals surface area contributed by atoms with E-state index in [0.717, 1.165) is 32.4 Å². The normalized spacial score (nSPS) is 12.2. The van der Waals surface area contributed by atoms with Gasteiger partial charge in [0, 0.05) is 37.0 Å². The van der Waals surface area contributed by atoms with E-state index in [0.29, 0.717) is 29.7 Å². The standard InChI is InChI=1S/C27H35F2N3O/c1-6-19-30-26(32(20-7-2)21-13-11-10-12-14-25(33)8-3)22(5)31-24-17-15-23(16-18-24)27(28,29)9-4/h6,8-10,12,15-19,31H,3-5,7,11,13-14,20-21H2,1-2H3/b12-10+,19-6-,30-26?. The number of benzene rings is 1. The Labute approximate surface area is 196 Å². The second-order valence-corrected chi connectivity index (χ2v) is 7.42. The zero-order valence-corrected chi connectivity index (χ0v) is 19.7. The minimum Gasteiger partial charge on any atom is -0.355 e. The predicted molar refractivity (Wildman–Crippen MR) is 136 cm³/mol. The van der Waals surface area contributed by atoms with E-state index < -0.39 is 5.92 Å². The minimum absolute atomic E-state index is 0.00301. The Kier molecular flexibility index (Phi) is 12.4. The number of nitrogens with one attached hydrogen (secondary N) is 1. The number of allylic oxidation sites excluding steroid dienone is 5. The number of unbranched alkanes of at least 4 members (excludes halogenated alkanes) is 1. The fraction of sp³-hybridized carbons (Fsp3) is 0.333. The summed E-state index contributed by atoms with van der Waals surface area (Å²) >= 11 is 0. The summed E-state index contributed by atoms with van der Waals surface area (Å²) in [7, 11) is 0. The molecule has 0 amide bonds. The minimum atomic E-state index is -3.07. The first kappa shape index (κ1) is 27.8. The summed E-state index contributed by atoms with van der Waals surface area (Å²) < 4.78 is 27.6. The first-order valence-electron chi connectivity index (χ1n) is 11.1. The molecule has 1 N–H and O–H groups in total. The maximum Gasteiger partial charge on any atom is 0.291 e. The lowest BCUT2D eigenvalue weighted by molar-refractivity contribution is -0.113. The number of carbonyl (C=O) groups is 1. The van der Waals surface area contributed by atoms with Gasteiger partial charge in [-0.1, -0.05) is 57.0 Å². The van der Waals surface area contributed by atoms with E-state index in [9.17, 15) is 13.6 Å². The van der Waals surface area contributed by atoms with Crippen molar-refractivity contribution in [2.75, 3.05) is 18.4 Å². The van der Waals surface area contributed by atoms with Crippen LogP contribution in [0.25, 0.3) is 0 Å². The van der Waals surface area contributed by atoms with Gasteiger partial charge in [-0.2, -0.15) is 8.78 Å². The fourth-order valence-electron chi connectivity index (χ4n) is 3.01. The molecule has 0 atom stereocenters. The molecule has 0 aromatic heterocycles. The topological polar surface area (TPSA) is 44.7 Å². The molecule has 0 radical (unpaired) electrons. The van der Waals surface area contributed by atoms with Crippen LogP contribution in [0.5, 0.6) is 0 Å². The highest BCUT2D eigenvalue weighted by Crippen LogP contribution is 2.29. The summed E-state index contributed by atoms with van der Waals surface area (Å²) in [4.78, 5) is 18.0. The lowest BCUT2D eigenvalue weighted by atomic mass is 10.1. The van der Waals surface area contributed by atoms with Crippen LogP contribution in [0.1, 0.15) is 45.1 Å². The molecule has 33 heavy (non-hydrogen) atoms. The highest BCUT2D eigenvalue weighted by Gasteiger charge is 2.26. The third kappa shape index (κ3) is 9.81.